The second-order valence-corrected chi connectivity index (χ2v) is 7.61. The molecule has 1 aromatic heterocycles. The quantitative estimate of drug-likeness (QED) is 0.392. The Morgan fingerprint density at radius 3 is 2.56 bits per heavy atom. The van der Waals surface area contributed by atoms with Crippen molar-refractivity contribution in [1.29, 1.82) is 0 Å². The first-order valence-corrected chi connectivity index (χ1v) is 10.8. The van der Waals surface area contributed by atoms with Gasteiger partial charge in [-0.15, -0.1) is 0 Å². The molecule has 162 valence electrons. The minimum Gasteiger partial charge on any atom is -0.492 e. The van der Waals surface area contributed by atoms with Crippen LogP contribution in [-0.4, -0.2) is 28.6 Å². The fourth-order valence-electron chi connectivity index (χ4n) is 3.55. The largest absolute Gasteiger partial charge is 0.492 e. The van der Waals surface area contributed by atoms with Gasteiger partial charge in [-0.3, -0.25) is 4.79 Å². The predicted molar refractivity (Wildman–Crippen MR) is 129 cm³/mol. The number of aryl methyl sites for hydroxylation is 1. The number of amides is 1. The fourth-order valence-corrected chi connectivity index (χ4v) is 3.55. The number of fused-ring (bicyclic) bond motifs is 1. The molecule has 4 rings (SSSR count). The number of nitrogens with zero attached hydrogens (tertiary/aromatic N) is 2. The molecule has 1 N–H and O–H groups in total. The number of nitrogens with one attached hydrogen (secondary N) is 1. The van der Waals surface area contributed by atoms with Crippen molar-refractivity contribution in [2.24, 2.45) is 0 Å². The lowest BCUT2D eigenvalue weighted by Gasteiger charge is -2.11. The molecule has 0 spiro atoms. The lowest BCUT2D eigenvalue weighted by Crippen LogP contribution is -2.25. The molecule has 0 bridgehead atoms. The van der Waals surface area contributed by atoms with E-state index in [1.165, 1.54) is 5.56 Å². The molecular weight excluding hydrogens is 398 g/mol. The summed E-state index contributed by atoms with van der Waals surface area (Å²) in [5.41, 5.74) is 4.23. The molecule has 0 aliphatic heterocycles. The summed E-state index contributed by atoms with van der Waals surface area (Å²) < 4.78 is 8.10. The molecule has 0 aliphatic carbocycles. The van der Waals surface area contributed by atoms with Gasteiger partial charge in [-0.25, -0.2) is 4.98 Å². The van der Waals surface area contributed by atoms with Crippen LogP contribution in [0.2, 0.25) is 0 Å². The minimum absolute atomic E-state index is 0.112. The van der Waals surface area contributed by atoms with Crippen molar-refractivity contribution in [3.05, 3.63) is 102 Å². The number of ether oxygens (including phenoxy) is 1. The molecule has 3 aromatic carbocycles. The van der Waals surface area contributed by atoms with Gasteiger partial charge >= 0.3 is 0 Å². The van der Waals surface area contributed by atoms with E-state index in [9.17, 15) is 4.79 Å². The number of hydrogen-bond acceptors (Lipinski definition) is 3. The SMILES string of the molecule is Cc1ccc(OCCn2c(CCNC(=O)/C=C/c3ccccc3)nc3ccccc32)cc1. The van der Waals surface area contributed by atoms with Crippen LogP contribution >= 0.6 is 0 Å². The van der Waals surface area contributed by atoms with Crippen LogP contribution in [0.1, 0.15) is 17.0 Å². The normalized spacial score (nSPS) is 11.2. The first-order chi connectivity index (χ1) is 15.7. The van der Waals surface area contributed by atoms with Crippen molar-refractivity contribution < 1.29 is 9.53 Å². The van der Waals surface area contributed by atoms with E-state index in [1.54, 1.807) is 6.08 Å². The maximum atomic E-state index is 12.2. The second kappa shape index (κ2) is 10.4. The Kier molecular flexibility index (Phi) is 6.98. The van der Waals surface area contributed by atoms with Crippen LogP contribution in [0.25, 0.3) is 17.1 Å². The number of hydrogen-bond donors (Lipinski definition) is 1. The molecular formula is C27H27N3O2. The summed E-state index contributed by atoms with van der Waals surface area (Å²) in [6.45, 7) is 3.80. The Balaban J connectivity index is 1.37. The smallest absolute Gasteiger partial charge is 0.244 e. The van der Waals surface area contributed by atoms with Crippen LogP contribution in [0.3, 0.4) is 0 Å². The first-order valence-electron chi connectivity index (χ1n) is 10.8. The van der Waals surface area contributed by atoms with E-state index in [0.29, 0.717) is 26.1 Å². The summed E-state index contributed by atoms with van der Waals surface area (Å²) in [5.74, 6) is 1.68. The highest BCUT2D eigenvalue weighted by Crippen LogP contribution is 2.17. The molecule has 0 atom stereocenters. The second-order valence-electron chi connectivity index (χ2n) is 7.61. The average Bonchev–Trinajstić information content (AvgIpc) is 3.17. The number of imidazole rings is 1. The van der Waals surface area contributed by atoms with Crippen LogP contribution < -0.4 is 10.1 Å². The van der Waals surface area contributed by atoms with Crippen molar-refractivity contribution in [3.63, 3.8) is 0 Å². The van der Waals surface area contributed by atoms with Gasteiger partial charge in [0.1, 0.15) is 18.2 Å². The molecule has 5 heteroatoms. The molecule has 0 saturated heterocycles. The third-order valence-electron chi connectivity index (χ3n) is 5.21. The summed E-state index contributed by atoms with van der Waals surface area (Å²) in [6.07, 6.45) is 4.02. The molecule has 5 nitrogen and oxygen atoms in total. The van der Waals surface area contributed by atoms with E-state index in [0.717, 1.165) is 28.2 Å². The lowest BCUT2D eigenvalue weighted by molar-refractivity contribution is -0.116. The van der Waals surface area contributed by atoms with Gasteiger partial charge in [0.15, 0.2) is 0 Å². The lowest BCUT2D eigenvalue weighted by atomic mass is 10.2. The standard InChI is InChI=1S/C27H27N3O2/c1-21-11-14-23(15-12-21)32-20-19-30-25-10-6-5-9-24(25)29-26(30)17-18-28-27(31)16-13-22-7-3-2-4-8-22/h2-16H,17-20H2,1H3,(H,28,31)/b16-13+. The van der Waals surface area contributed by atoms with Crippen LogP contribution in [0.15, 0.2) is 84.9 Å². The highest BCUT2D eigenvalue weighted by Gasteiger charge is 2.10. The summed E-state index contributed by atoms with van der Waals surface area (Å²) >= 11 is 0. The van der Waals surface area contributed by atoms with E-state index in [2.05, 4.69) is 22.9 Å². The van der Waals surface area contributed by atoms with Gasteiger partial charge < -0.3 is 14.6 Å². The third-order valence-corrected chi connectivity index (χ3v) is 5.21. The average molecular weight is 426 g/mol. The highest BCUT2D eigenvalue weighted by molar-refractivity contribution is 5.91. The number of carbonyl (C=O) groups excluding carboxylic acids is 1. The predicted octanol–water partition coefficient (Wildman–Crippen LogP) is 4.80. The van der Waals surface area contributed by atoms with Gasteiger partial charge in [-0.1, -0.05) is 60.2 Å². The Morgan fingerprint density at radius 1 is 1.00 bits per heavy atom. The maximum Gasteiger partial charge on any atom is 0.244 e. The van der Waals surface area contributed by atoms with Gasteiger partial charge in [-0.2, -0.15) is 0 Å². The minimum atomic E-state index is -0.112. The molecule has 0 unspecified atom stereocenters. The van der Waals surface area contributed by atoms with Gasteiger partial charge in [0.25, 0.3) is 0 Å². The zero-order chi connectivity index (χ0) is 22.2. The zero-order valence-corrected chi connectivity index (χ0v) is 18.2. The Labute approximate surface area is 188 Å². The van der Waals surface area contributed by atoms with Gasteiger partial charge in [0.05, 0.1) is 17.6 Å². The van der Waals surface area contributed by atoms with E-state index in [-0.39, 0.29) is 5.91 Å². The molecule has 0 radical (unpaired) electrons. The van der Waals surface area contributed by atoms with Gasteiger partial charge in [0.2, 0.25) is 5.91 Å². The maximum absolute atomic E-state index is 12.2. The highest BCUT2D eigenvalue weighted by atomic mass is 16.5. The van der Waals surface area contributed by atoms with Crippen molar-refractivity contribution in [2.75, 3.05) is 13.2 Å². The number of aromatic nitrogens is 2. The topological polar surface area (TPSA) is 56.1 Å². The number of para-hydroxylation sites is 2. The van der Waals surface area contributed by atoms with E-state index >= 15 is 0 Å². The zero-order valence-electron chi connectivity index (χ0n) is 18.2. The Hall–Kier alpha value is -3.86. The monoisotopic (exact) mass is 425 g/mol. The number of carbonyl (C=O) groups is 1. The molecule has 0 saturated carbocycles. The summed E-state index contributed by atoms with van der Waals surface area (Å²) in [6, 6.07) is 25.9. The first kappa shape index (κ1) is 21.4. The summed E-state index contributed by atoms with van der Waals surface area (Å²) in [5, 5.41) is 2.95. The summed E-state index contributed by atoms with van der Waals surface area (Å²) in [7, 11) is 0. The van der Waals surface area contributed by atoms with Crippen molar-refractivity contribution >= 4 is 23.0 Å². The van der Waals surface area contributed by atoms with Crippen LogP contribution in [-0.2, 0) is 17.8 Å². The van der Waals surface area contributed by atoms with Crippen molar-refractivity contribution in [1.82, 2.24) is 14.9 Å². The molecule has 0 fully saturated rings. The molecule has 1 heterocycles. The van der Waals surface area contributed by atoms with Crippen molar-refractivity contribution in [3.8, 4) is 5.75 Å². The third kappa shape index (κ3) is 5.64. The number of rotatable bonds is 9. The molecule has 4 aromatic rings. The summed E-state index contributed by atoms with van der Waals surface area (Å²) in [4.78, 5) is 16.9. The van der Waals surface area contributed by atoms with Crippen LogP contribution in [0.4, 0.5) is 0 Å². The van der Waals surface area contributed by atoms with Crippen LogP contribution in [0.5, 0.6) is 5.75 Å². The Bertz CT molecular complexity index is 1190. The van der Waals surface area contributed by atoms with Crippen LogP contribution in [0, 0.1) is 6.92 Å². The molecule has 0 aliphatic rings. The van der Waals surface area contributed by atoms with E-state index in [1.807, 2.05) is 78.9 Å². The van der Waals surface area contributed by atoms with Gasteiger partial charge in [-0.05, 0) is 42.8 Å². The Morgan fingerprint density at radius 2 is 1.75 bits per heavy atom. The van der Waals surface area contributed by atoms with E-state index < -0.39 is 0 Å². The molecule has 32 heavy (non-hydrogen) atoms. The number of benzene rings is 3. The van der Waals surface area contributed by atoms with Gasteiger partial charge in [0, 0.05) is 19.0 Å². The fraction of sp³-hybridized carbons (Fsp3) is 0.185. The van der Waals surface area contributed by atoms with Crippen molar-refractivity contribution in [2.45, 2.75) is 19.9 Å². The van der Waals surface area contributed by atoms with E-state index in [4.69, 9.17) is 9.72 Å². The molecule has 1 amide bonds.